The van der Waals surface area contributed by atoms with Crippen LogP contribution in [0.25, 0.3) is 0 Å². The van der Waals surface area contributed by atoms with E-state index >= 15 is 0 Å². The summed E-state index contributed by atoms with van der Waals surface area (Å²) in [4.78, 5) is 10.3. The van der Waals surface area contributed by atoms with Crippen LogP contribution in [-0.2, 0) is 36.5 Å². The van der Waals surface area contributed by atoms with Gasteiger partial charge in [-0.3, -0.25) is 10.1 Å². The van der Waals surface area contributed by atoms with Crippen molar-refractivity contribution in [2.75, 3.05) is 41.0 Å². The predicted molar refractivity (Wildman–Crippen MR) is 198 cm³/mol. The van der Waals surface area contributed by atoms with Gasteiger partial charge in [0.1, 0.15) is 17.2 Å². The number of hydrogen-bond acceptors (Lipinski definition) is 11. The number of nitrogens with zero attached hydrogens (tertiary/aromatic N) is 2. The zero-order valence-corrected chi connectivity index (χ0v) is 29.7. The van der Waals surface area contributed by atoms with E-state index in [1.165, 1.54) is 118 Å². The standard InChI is InChI=1S/C32H36N4O11S3.2Na.2H/c1-45-27-8-14-30(15-9-27)48(39,40)33-20-21-35(50(43,44)32-18-12-29(47-3)13-19-32)23-25(22-24-4-6-26(7-5-24)36(37)38)34-49(41,42)31-16-10-28(46-2)11-17-31;;;;/h4-19,25,33-34H,20-23H2,1-3H3;;;;. The fourth-order valence-corrected chi connectivity index (χ4v) is 8.55. The third-order valence-corrected chi connectivity index (χ3v) is 12.4. The molecule has 4 rings (SSSR count). The molecule has 4 aromatic carbocycles. The molecule has 0 saturated carbocycles. The van der Waals surface area contributed by atoms with E-state index in [4.69, 9.17) is 14.2 Å². The summed E-state index contributed by atoms with van der Waals surface area (Å²) in [5.74, 6) is 1.25. The zero-order chi connectivity index (χ0) is 36.5. The van der Waals surface area contributed by atoms with E-state index in [0.29, 0.717) is 22.8 Å². The monoisotopic (exact) mass is 796 g/mol. The van der Waals surface area contributed by atoms with Gasteiger partial charge in [-0.1, -0.05) is 12.1 Å². The van der Waals surface area contributed by atoms with Gasteiger partial charge in [-0.05, 0) is 84.8 Å². The Bertz CT molecular complexity index is 2090. The second-order valence-electron chi connectivity index (χ2n) is 10.7. The summed E-state index contributed by atoms with van der Waals surface area (Å²) in [7, 11) is -8.41. The van der Waals surface area contributed by atoms with Gasteiger partial charge < -0.3 is 14.2 Å². The Morgan fingerprint density at radius 2 is 1.08 bits per heavy atom. The third kappa shape index (κ3) is 12.2. The Hall–Kier alpha value is -2.59. The molecule has 0 aliphatic carbocycles. The van der Waals surface area contributed by atoms with Crippen LogP contribution in [0.3, 0.4) is 0 Å². The second kappa shape index (κ2) is 20.2. The molecule has 0 spiro atoms. The first-order valence-corrected chi connectivity index (χ1v) is 19.3. The van der Waals surface area contributed by atoms with Gasteiger partial charge in [0.15, 0.2) is 0 Å². The number of non-ortho nitro benzene ring substituents is 1. The summed E-state index contributed by atoms with van der Waals surface area (Å²) in [5, 5.41) is 11.2. The summed E-state index contributed by atoms with van der Waals surface area (Å²) in [6.45, 7) is -1.23. The van der Waals surface area contributed by atoms with Gasteiger partial charge >= 0.3 is 59.1 Å². The molecular weight excluding hydrogens is 759 g/mol. The van der Waals surface area contributed by atoms with Gasteiger partial charge in [0.25, 0.3) is 5.69 Å². The van der Waals surface area contributed by atoms with Crippen LogP contribution in [0.1, 0.15) is 5.56 Å². The van der Waals surface area contributed by atoms with Gasteiger partial charge in [-0.25, -0.2) is 34.7 Å². The molecule has 52 heavy (non-hydrogen) atoms. The molecule has 0 fully saturated rings. The van der Waals surface area contributed by atoms with Crippen LogP contribution in [0.2, 0.25) is 0 Å². The van der Waals surface area contributed by atoms with Crippen molar-refractivity contribution in [3.05, 3.63) is 113 Å². The van der Waals surface area contributed by atoms with E-state index in [1.807, 2.05) is 0 Å². The molecule has 2 N–H and O–H groups in total. The van der Waals surface area contributed by atoms with Crippen LogP contribution in [0, 0.1) is 10.1 Å². The van der Waals surface area contributed by atoms with Crippen molar-refractivity contribution >= 4 is 94.9 Å². The summed E-state index contributed by atoms with van der Waals surface area (Å²) >= 11 is 0. The van der Waals surface area contributed by atoms with Crippen LogP contribution in [0.5, 0.6) is 17.2 Å². The fourth-order valence-electron chi connectivity index (χ4n) is 4.82. The topological polar surface area (TPSA) is 201 Å². The second-order valence-corrected chi connectivity index (χ2v) is 16.2. The Balaban J connectivity index is 0.00000468. The molecule has 0 amide bonds. The number of methoxy groups -OCH3 is 3. The van der Waals surface area contributed by atoms with E-state index in [-0.39, 0.29) is 92.5 Å². The molecule has 0 aliphatic rings. The molecule has 20 heteroatoms. The summed E-state index contributed by atoms with van der Waals surface area (Å²) in [6, 6.07) is 20.9. The van der Waals surface area contributed by atoms with Gasteiger partial charge in [0, 0.05) is 37.8 Å². The molecule has 0 radical (unpaired) electrons. The van der Waals surface area contributed by atoms with Crippen LogP contribution >= 0.6 is 0 Å². The van der Waals surface area contributed by atoms with Crippen LogP contribution < -0.4 is 23.7 Å². The number of ether oxygens (including phenoxy) is 3. The van der Waals surface area contributed by atoms with Crippen molar-refractivity contribution in [1.29, 1.82) is 0 Å². The Morgan fingerprint density at radius 1 is 0.654 bits per heavy atom. The maximum atomic E-state index is 14.1. The number of nitro groups is 1. The zero-order valence-electron chi connectivity index (χ0n) is 27.3. The van der Waals surface area contributed by atoms with E-state index in [0.717, 1.165) is 4.31 Å². The fraction of sp³-hybridized carbons (Fsp3) is 0.250. The van der Waals surface area contributed by atoms with E-state index in [9.17, 15) is 35.4 Å². The van der Waals surface area contributed by atoms with Gasteiger partial charge in [-0.2, -0.15) is 4.31 Å². The van der Waals surface area contributed by atoms with Gasteiger partial charge in [0.2, 0.25) is 30.1 Å². The third-order valence-electron chi connectivity index (χ3n) is 7.47. The van der Waals surface area contributed by atoms with Crippen molar-refractivity contribution in [2.45, 2.75) is 27.1 Å². The summed E-state index contributed by atoms with van der Waals surface area (Å²) in [5.41, 5.74) is 0.289. The molecule has 0 bridgehead atoms. The number of benzene rings is 4. The average Bonchev–Trinajstić information content (AvgIpc) is 3.11. The Morgan fingerprint density at radius 3 is 1.50 bits per heavy atom. The molecule has 0 saturated heterocycles. The normalized spacial score (nSPS) is 12.2. The number of sulfonamides is 3. The molecule has 1 atom stereocenters. The molecular formula is C32H38N4Na2O11S3. The molecule has 15 nitrogen and oxygen atoms in total. The molecule has 1 unspecified atom stereocenters. The minimum absolute atomic E-state index is 0. The molecule has 0 aliphatic heterocycles. The first-order chi connectivity index (χ1) is 23.7. The van der Waals surface area contributed by atoms with Crippen molar-refractivity contribution in [3.63, 3.8) is 0 Å². The molecule has 4 aromatic rings. The number of rotatable bonds is 18. The molecule has 0 aromatic heterocycles. The number of nitrogens with one attached hydrogen (secondary N) is 2. The van der Waals surface area contributed by atoms with Crippen molar-refractivity contribution in [1.82, 2.24) is 13.7 Å². The van der Waals surface area contributed by atoms with Crippen molar-refractivity contribution in [3.8, 4) is 17.2 Å². The minimum atomic E-state index is -4.37. The quantitative estimate of drug-likeness (QED) is 0.0847. The van der Waals surface area contributed by atoms with E-state index < -0.39 is 54.1 Å². The van der Waals surface area contributed by atoms with E-state index in [1.54, 1.807) is 0 Å². The Labute approximate surface area is 347 Å². The first kappa shape index (κ1) is 45.6. The van der Waals surface area contributed by atoms with E-state index in [2.05, 4.69) is 9.44 Å². The van der Waals surface area contributed by atoms with Gasteiger partial charge in [0.05, 0.1) is 40.9 Å². The number of hydrogen-bond donors (Lipinski definition) is 2. The Kier molecular flexibility index (Phi) is 17.7. The van der Waals surface area contributed by atoms with Crippen molar-refractivity contribution < 1.29 is 44.4 Å². The van der Waals surface area contributed by atoms with Crippen LogP contribution in [0.15, 0.2) is 112 Å². The summed E-state index contributed by atoms with van der Waals surface area (Å²) < 4.78 is 103. The predicted octanol–water partition coefficient (Wildman–Crippen LogP) is 1.88. The maximum absolute atomic E-state index is 14.1. The van der Waals surface area contributed by atoms with Crippen molar-refractivity contribution in [2.24, 2.45) is 0 Å². The van der Waals surface area contributed by atoms with Crippen LogP contribution in [-0.4, -0.2) is 141 Å². The average molecular weight is 797 g/mol. The first-order valence-electron chi connectivity index (χ1n) is 14.9. The van der Waals surface area contributed by atoms with Crippen LogP contribution in [0.4, 0.5) is 5.69 Å². The molecule has 272 valence electrons. The van der Waals surface area contributed by atoms with Gasteiger partial charge in [-0.15, -0.1) is 0 Å². The SMILES string of the molecule is COc1ccc(S(=O)(=O)NCCN(CC(Cc2ccc([N+](=O)[O-])cc2)NS(=O)(=O)c2ccc(OC)cc2)S(=O)(=O)c2ccc(OC)cc2)cc1.[NaH].[NaH]. The summed E-state index contributed by atoms with van der Waals surface area (Å²) in [6.07, 6.45) is -0.0837. The molecule has 0 heterocycles. The number of nitro benzene ring substituents is 1.